The Morgan fingerprint density at radius 2 is 1.37 bits per heavy atom. The monoisotopic (exact) mass is 498 g/mol. The molecule has 0 spiro atoms. The van der Waals surface area contributed by atoms with E-state index in [1.807, 2.05) is 0 Å². The molecule has 0 saturated carbocycles. The number of benzene rings is 1. The second kappa shape index (κ2) is 12.1. The molecule has 35 heavy (non-hydrogen) atoms. The zero-order valence-electron chi connectivity index (χ0n) is 19.4. The number of Topliss-reactive ketones (excluding diaryl/α,β-unsaturated/α-hetero) is 1. The van der Waals surface area contributed by atoms with Crippen LogP contribution < -0.4 is 0 Å². The fourth-order valence-electron chi connectivity index (χ4n) is 3.26. The molecule has 0 radical (unpaired) electrons. The summed E-state index contributed by atoms with van der Waals surface area (Å²) in [6, 6.07) is 3.37. The van der Waals surface area contributed by atoms with E-state index in [1.54, 1.807) is 0 Å². The van der Waals surface area contributed by atoms with Gasteiger partial charge in [0.25, 0.3) is 0 Å². The first-order valence-electron chi connectivity index (χ1n) is 10.4. The Morgan fingerprint density at radius 1 is 0.800 bits per heavy atom. The van der Waals surface area contributed by atoms with E-state index in [-0.39, 0.29) is 5.56 Å². The second-order valence-corrected chi connectivity index (χ2v) is 7.51. The van der Waals surface area contributed by atoms with Crippen LogP contribution in [-0.4, -0.2) is 83.8 Å². The number of carbonyl (C=O) groups is 5. The summed E-state index contributed by atoms with van der Waals surface area (Å²) in [7, 11) is 0. The van der Waals surface area contributed by atoms with Gasteiger partial charge in [0, 0.05) is 33.3 Å². The van der Waals surface area contributed by atoms with Crippen LogP contribution in [0.5, 0.6) is 11.5 Å². The molecular weight excluding hydrogens is 472 g/mol. The minimum absolute atomic E-state index is 0.00839. The van der Waals surface area contributed by atoms with Gasteiger partial charge in [0.05, 0.1) is 0 Å². The van der Waals surface area contributed by atoms with Crippen LogP contribution in [-0.2, 0) is 47.6 Å². The first-order valence-corrected chi connectivity index (χ1v) is 10.4. The number of hydrogen-bond donors (Lipinski definition) is 2. The average Bonchev–Trinajstić information content (AvgIpc) is 2.75. The van der Waals surface area contributed by atoms with E-state index in [9.17, 15) is 34.2 Å². The molecule has 0 bridgehead atoms. The van der Waals surface area contributed by atoms with Crippen LogP contribution in [0.1, 0.15) is 38.1 Å². The lowest BCUT2D eigenvalue weighted by molar-refractivity contribution is -0.305. The number of phenols is 2. The van der Waals surface area contributed by atoms with Crippen molar-refractivity contribution in [3.05, 3.63) is 23.8 Å². The molecule has 0 amide bonds. The summed E-state index contributed by atoms with van der Waals surface area (Å²) in [6.07, 6.45) is -7.02. The number of ether oxygens (including phenoxy) is 6. The first-order chi connectivity index (χ1) is 16.4. The molecule has 13 heteroatoms. The van der Waals surface area contributed by atoms with Gasteiger partial charge >= 0.3 is 23.9 Å². The van der Waals surface area contributed by atoms with Gasteiger partial charge in [0.2, 0.25) is 0 Å². The maximum atomic E-state index is 12.5. The predicted molar refractivity (Wildman–Crippen MR) is 112 cm³/mol. The van der Waals surface area contributed by atoms with Gasteiger partial charge in [-0.15, -0.1) is 0 Å². The van der Waals surface area contributed by atoms with Crippen LogP contribution in [0.4, 0.5) is 0 Å². The van der Waals surface area contributed by atoms with E-state index in [4.69, 9.17) is 28.4 Å². The highest BCUT2D eigenvalue weighted by Crippen LogP contribution is 2.30. The molecule has 1 saturated heterocycles. The Bertz CT molecular complexity index is 972. The Labute approximate surface area is 199 Å². The normalized spacial score (nSPS) is 23.6. The molecule has 1 heterocycles. The largest absolute Gasteiger partial charge is 0.504 e. The number of ketones is 1. The third-order valence-corrected chi connectivity index (χ3v) is 4.62. The van der Waals surface area contributed by atoms with Gasteiger partial charge in [-0.05, 0) is 18.2 Å². The van der Waals surface area contributed by atoms with Crippen LogP contribution >= 0.6 is 0 Å². The first kappa shape index (κ1) is 27.5. The minimum atomic E-state index is -1.52. The van der Waals surface area contributed by atoms with Gasteiger partial charge in [0.15, 0.2) is 41.9 Å². The highest BCUT2D eigenvalue weighted by atomic mass is 16.7. The molecule has 2 N–H and O–H groups in total. The summed E-state index contributed by atoms with van der Waals surface area (Å²) in [5, 5.41) is 19.0. The fourth-order valence-corrected chi connectivity index (χ4v) is 3.26. The highest BCUT2D eigenvalue weighted by Gasteiger charge is 2.52. The van der Waals surface area contributed by atoms with Crippen molar-refractivity contribution in [2.24, 2.45) is 0 Å². The lowest BCUT2D eigenvalue weighted by Crippen LogP contribution is -2.63. The van der Waals surface area contributed by atoms with Crippen LogP contribution in [0.2, 0.25) is 0 Å². The summed E-state index contributed by atoms with van der Waals surface area (Å²) in [4.78, 5) is 59.2. The summed E-state index contributed by atoms with van der Waals surface area (Å²) < 4.78 is 31.9. The second-order valence-electron chi connectivity index (χ2n) is 7.51. The Kier molecular flexibility index (Phi) is 9.54. The average molecular weight is 498 g/mol. The van der Waals surface area contributed by atoms with Gasteiger partial charge in [-0.25, -0.2) is 0 Å². The standard InChI is InChI=1S/C22H26O13/c1-10(23)30-9-18-19(32-11(2)24)20(33-12(3)25)21(34-13(4)26)22(35-18)31-8-17(29)14-5-6-15(27)16(28)7-14/h5-7,18-22,27-28H,8-9H2,1-4H3. The number of rotatable bonds is 9. The lowest BCUT2D eigenvalue weighted by atomic mass is 9.98. The third-order valence-electron chi connectivity index (χ3n) is 4.62. The fraction of sp³-hybridized carbons (Fsp3) is 0.500. The Morgan fingerprint density at radius 3 is 1.91 bits per heavy atom. The van der Waals surface area contributed by atoms with Crippen LogP contribution in [0.3, 0.4) is 0 Å². The third kappa shape index (κ3) is 7.93. The van der Waals surface area contributed by atoms with Crippen molar-refractivity contribution in [1.29, 1.82) is 0 Å². The van der Waals surface area contributed by atoms with Crippen LogP contribution in [0.15, 0.2) is 18.2 Å². The van der Waals surface area contributed by atoms with Crippen molar-refractivity contribution in [2.45, 2.75) is 58.4 Å². The molecule has 1 aliphatic heterocycles. The summed E-state index contributed by atoms with van der Waals surface area (Å²) >= 11 is 0. The van der Waals surface area contributed by atoms with Crippen molar-refractivity contribution in [1.82, 2.24) is 0 Å². The molecular formula is C22H26O13. The summed E-state index contributed by atoms with van der Waals surface area (Å²) in [5.41, 5.74) is -0.00839. The number of carbonyl (C=O) groups excluding carboxylic acids is 5. The molecule has 5 unspecified atom stereocenters. The molecule has 5 atom stereocenters. The van der Waals surface area contributed by atoms with Gasteiger partial charge < -0.3 is 38.6 Å². The number of aromatic hydroxyl groups is 2. The molecule has 2 rings (SSSR count). The molecule has 1 aliphatic rings. The van der Waals surface area contributed by atoms with Gasteiger partial charge in [-0.1, -0.05) is 0 Å². The quantitative estimate of drug-likeness (QED) is 0.206. The molecule has 192 valence electrons. The molecule has 0 aliphatic carbocycles. The van der Waals surface area contributed by atoms with E-state index in [1.165, 1.54) is 6.07 Å². The number of esters is 4. The SMILES string of the molecule is CC(=O)OCC1OC(OCC(=O)c2ccc(O)c(O)c2)C(OC(C)=O)C(OC(C)=O)C1OC(C)=O. The lowest BCUT2D eigenvalue weighted by Gasteiger charge is -2.43. The van der Waals surface area contributed by atoms with Crippen molar-refractivity contribution in [2.75, 3.05) is 13.2 Å². The van der Waals surface area contributed by atoms with Gasteiger partial charge in [-0.3, -0.25) is 24.0 Å². The van der Waals surface area contributed by atoms with E-state index in [0.29, 0.717) is 0 Å². The maximum Gasteiger partial charge on any atom is 0.303 e. The summed E-state index contributed by atoms with van der Waals surface area (Å²) in [6.45, 7) is 3.26. The van der Waals surface area contributed by atoms with Gasteiger partial charge in [0.1, 0.15) is 19.3 Å². The zero-order chi connectivity index (χ0) is 26.3. The van der Waals surface area contributed by atoms with E-state index < -0.39 is 85.1 Å². The molecule has 1 aromatic carbocycles. The van der Waals surface area contributed by atoms with Crippen molar-refractivity contribution in [3.8, 4) is 11.5 Å². The Hall–Kier alpha value is -3.71. The van der Waals surface area contributed by atoms with E-state index >= 15 is 0 Å². The van der Waals surface area contributed by atoms with Crippen molar-refractivity contribution >= 4 is 29.7 Å². The topological polar surface area (TPSA) is 181 Å². The molecule has 13 nitrogen and oxygen atoms in total. The minimum Gasteiger partial charge on any atom is -0.504 e. The predicted octanol–water partition coefficient (Wildman–Crippen LogP) is 0.380. The Balaban J connectivity index is 2.35. The highest BCUT2D eigenvalue weighted by molar-refractivity contribution is 5.97. The van der Waals surface area contributed by atoms with Crippen LogP contribution in [0, 0.1) is 0 Å². The molecule has 1 aromatic rings. The molecule has 0 aromatic heterocycles. The van der Waals surface area contributed by atoms with Crippen molar-refractivity contribution < 1.29 is 62.6 Å². The summed E-state index contributed by atoms with van der Waals surface area (Å²) in [5.74, 6) is -4.70. The maximum absolute atomic E-state index is 12.5. The van der Waals surface area contributed by atoms with E-state index in [0.717, 1.165) is 39.8 Å². The van der Waals surface area contributed by atoms with Crippen LogP contribution in [0.25, 0.3) is 0 Å². The van der Waals surface area contributed by atoms with Crippen molar-refractivity contribution in [3.63, 3.8) is 0 Å². The zero-order valence-corrected chi connectivity index (χ0v) is 19.4. The molecule has 1 fully saturated rings. The number of hydrogen-bond acceptors (Lipinski definition) is 13. The van der Waals surface area contributed by atoms with E-state index in [2.05, 4.69) is 0 Å². The number of phenolic OH excluding ortho intramolecular Hbond substituents is 2. The van der Waals surface area contributed by atoms with Gasteiger partial charge in [-0.2, -0.15) is 0 Å². The smallest absolute Gasteiger partial charge is 0.303 e.